The largest absolute Gasteiger partial charge is 0.394 e. The number of nitrogens with zero attached hydrogens (tertiary/aromatic N) is 5. The molecule has 10 nitrogen and oxygen atoms in total. The van der Waals surface area contributed by atoms with Crippen molar-refractivity contribution in [3.05, 3.63) is 35.9 Å². The Labute approximate surface area is 200 Å². The van der Waals surface area contributed by atoms with Crippen LogP contribution in [-0.2, 0) is 14.8 Å². The standard InChI is InChI=1S/C23H32N6O4S/c1-24-19-4-7-22-21(16-19)23(26-17-25-22)27-18-2-5-20(6-3-18)28-8-10-29(11-9-28)34(31,32)15-14-33-13-12-30/h4,7,16-18,20,30H,2-3,5-6,8-15H2,(H,25,26,27). The van der Waals surface area contributed by atoms with Crippen molar-refractivity contribution in [1.29, 1.82) is 0 Å². The molecule has 0 radical (unpaired) electrons. The number of rotatable bonds is 9. The molecule has 2 fully saturated rings. The number of aliphatic hydroxyl groups is 1. The molecule has 0 bridgehead atoms. The van der Waals surface area contributed by atoms with Gasteiger partial charge in [-0.1, -0.05) is 6.07 Å². The molecule has 11 heteroatoms. The van der Waals surface area contributed by atoms with Crippen molar-refractivity contribution in [2.75, 3.05) is 57.1 Å². The Hall–Kier alpha value is -2.36. The van der Waals surface area contributed by atoms with Crippen molar-refractivity contribution in [1.82, 2.24) is 19.2 Å². The molecule has 4 rings (SSSR count). The SMILES string of the molecule is [C-]#[N+]c1ccc2ncnc(NC3CCC(N4CCN(S(=O)(=O)CCOCCO)CC4)CC3)c2c1. The van der Waals surface area contributed by atoms with Gasteiger partial charge in [0, 0.05) is 43.6 Å². The Balaban J connectivity index is 1.26. The first kappa shape index (κ1) is 24.8. The van der Waals surface area contributed by atoms with E-state index in [2.05, 4.69) is 25.0 Å². The third-order valence-corrected chi connectivity index (χ3v) is 8.52. The quantitative estimate of drug-likeness (QED) is 0.406. The monoisotopic (exact) mass is 488 g/mol. The van der Waals surface area contributed by atoms with E-state index in [-0.39, 0.29) is 25.6 Å². The highest BCUT2D eigenvalue weighted by atomic mass is 32.2. The summed E-state index contributed by atoms with van der Waals surface area (Å²) in [5, 5.41) is 13.2. The number of anilines is 1. The molecule has 1 saturated carbocycles. The zero-order chi connectivity index (χ0) is 24.0. The van der Waals surface area contributed by atoms with E-state index in [1.54, 1.807) is 16.7 Å². The average molecular weight is 489 g/mol. The summed E-state index contributed by atoms with van der Waals surface area (Å²) in [7, 11) is -3.32. The van der Waals surface area contributed by atoms with Crippen LogP contribution in [0.5, 0.6) is 0 Å². The van der Waals surface area contributed by atoms with Crippen LogP contribution in [0.3, 0.4) is 0 Å². The molecular weight excluding hydrogens is 456 g/mol. The Morgan fingerprint density at radius 2 is 1.88 bits per heavy atom. The molecule has 2 N–H and O–H groups in total. The summed E-state index contributed by atoms with van der Waals surface area (Å²) in [6.07, 6.45) is 5.68. The van der Waals surface area contributed by atoms with E-state index >= 15 is 0 Å². The van der Waals surface area contributed by atoms with Crippen molar-refractivity contribution in [2.45, 2.75) is 37.8 Å². The molecule has 0 amide bonds. The number of benzene rings is 1. The number of hydrogen-bond acceptors (Lipinski definition) is 8. The van der Waals surface area contributed by atoms with Crippen LogP contribution < -0.4 is 5.32 Å². The van der Waals surface area contributed by atoms with E-state index in [9.17, 15) is 8.42 Å². The lowest BCUT2D eigenvalue weighted by molar-refractivity contribution is 0.0986. The molecule has 0 atom stereocenters. The van der Waals surface area contributed by atoms with Gasteiger partial charge in [0.15, 0.2) is 5.69 Å². The summed E-state index contributed by atoms with van der Waals surface area (Å²) in [5.74, 6) is 0.736. The van der Waals surface area contributed by atoms with Gasteiger partial charge < -0.3 is 15.2 Å². The highest BCUT2D eigenvalue weighted by molar-refractivity contribution is 7.89. The van der Waals surface area contributed by atoms with E-state index < -0.39 is 10.0 Å². The van der Waals surface area contributed by atoms with Gasteiger partial charge in [-0.2, -0.15) is 4.31 Å². The van der Waals surface area contributed by atoms with Crippen molar-refractivity contribution in [2.24, 2.45) is 0 Å². The Bertz CT molecular complexity index is 1110. The number of fused-ring (bicyclic) bond motifs is 1. The first-order valence-electron chi connectivity index (χ1n) is 11.8. The fraction of sp³-hybridized carbons (Fsp3) is 0.609. The second-order valence-electron chi connectivity index (χ2n) is 8.77. The molecule has 34 heavy (non-hydrogen) atoms. The van der Waals surface area contributed by atoms with Crippen molar-refractivity contribution < 1.29 is 18.3 Å². The third-order valence-electron chi connectivity index (χ3n) is 6.69. The number of sulfonamides is 1. The highest BCUT2D eigenvalue weighted by Gasteiger charge is 2.32. The van der Waals surface area contributed by atoms with Gasteiger partial charge in [0.1, 0.15) is 12.1 Å². The topological polar surface area (TPSA) is 112 Å². The number of aliphatic hydroxyl groups excluding tert-OH is 1. The predicted octanol–water partition coefficient (Wildman–Crippen LogP) is 1.86. The highest BCUT2D eigenvalue weighted by Crippen LogP contribution is 2.29. The number of ether oxygens (including phenoxy) is 1. The number of piperazine rings is 1. The van der Waals surface area contributed by atoms with Gasteiger partial charge in [0.25, 0.3) is 0 Å². The summed E-state index contributed by atoms with van der Waals surface area (Å²) in [5.41, 5.74) is 1.40. The molecule has 1 saturated heterocycles. The van der Waals surface area contributed by atoms with Crippen molar-refractivity contribution in [3.8, 4) is 0 Å². The van der Waals surface area contributed by atoms with Crippen molar-refractivity contribution >= 4 is 32.4 Å². The predicted molar refractivity (Wildman–Crippen MR) is 130 cm³/mol. The fourth-order valence-electron chi connectivity index (χ4n) is 4.81. The molecule has 1 aliphatic carbocycles. The second kappa shape index (κ2) is 11.4. The number of aromatic nitrogens is 2. The molecular formula is C23H32N6O4S. The van der Waals surface area contributed by atoms with E-state index in [1.165, 1.54) is 0 Å². The number of hydrogen-bond donors (Lipinski definition) is 2. The van der Waals surface area contributed by atoms with E-state index in [1.807, 2.05) is 12.1 Å². The molecule has 1 aromatic carbocycles. The van der Waals surface area contributed by atoms with Gasteiger partial charge >= 0.3 is 0 Å². The average Bonchev–Trinajstić information content (AvgIpc) is 2.87. The van der Waals surface area contributed by atoms with E-state index in [4.69, 9.17) is 16.4 Å². The van der Waals surface area contributed by atoms with E-state index in [0.717, 1.165) is 55.5 Å². The van der Waals surface area contributed by atoms with Crippen molar-refractivity contribution in [3.63, 3.8) is 0 Å². The van der Waals surface area contributed by atoms with Gasteiger partial charge in [0.05, 0.1) is 37.7 Å². The minimum absolute atomic E-state index is 0.0428. The summed E-state index contributed by atoms with van der Waals surface area (Å²) >= 11 is 0. The second-order valence-corrected chi connectivity index (χ2v) is 10.9. The molecule has 184 valence electrons. The zero-order valence-corrected chi connectivity index (χ0v) is 20.1. The van der Waals surface area contributed by atoms with Crippen LogP contribution in [0.15, 0.2) is 24.5 Å². The maximum atomic E-state index is 12.5. The van der Waals surface area contributed by atoms with Crippen LogP contribution in [0.25, 0.3) is 15.7 Å². The lowest BCUT2D eigenvalue weighted by Crippen LogP contribution is -2.53. The van der Waals surface area contributed by atoms with Crippen LogP contribution in [0.1, 0.15) is 25.7 Å². The smallest absolute Gasteiger partial charge is 0.216 e. The molecule has 1 aromatic heterocycles. The number of nitrogens with one attached hydrogen (secondary N) is 1. The van der Waals surface area contributed by atoms with Crippen LogP contribution in [0, 0.1) is 6.57 Å². The van der Waals surface area contributed by atoms with Gasteiger partial charge in [0.2, 0.25) is 10.0 Å². The fourth-order valence-corrected chi connectivity index (χ4v) is 6.12. The minimum Gasteiger partial charge on any atom is -0.394 e. The lowest BCUT2D eigenvalue weighted by atomic mass is 9.89. The van der Waals surface area contributed by atoms with Crippen LogP contribution in [-0.4, -0.2) is 96.5 Å². The Morgan fingerprint density at radius 1 is 1.12 bits per heavy atom. The van der Waals surface area contributed by atoms with Crippen LogP contribution in [0.2, 0.25) is 0 Å². The van der Waals surface area contributed by atoms with Gasteiger partial charge in [-0.05, 0) is 37.8 Å². The van der Waals surface area contributed by atoms with Gasteiger partial charge in [-0.15, -0.1) is 0 Å². The van der Waals surface area contributed by atoms with Crippen LogP contribution in [0.4, 0.5) is 11.5 Å². The molecule has 2 aliphatic rings. The minimum atomic E-state index is -3.32. The lowest BCUT2D eigenvalue weighted by Gasteiger charge is -2.41. The Kier molecular flexibility index (Phi) is 8.28. The Morgan fingerprint density at radius 3 is 2.59 bits per heavy atom. The molecule has 2 aromatic rings. The molecule has 0 spiro atoms. The first-order chi connectivity index (χ1) is 16.5. The zero-order valence-electron chi connectivity index (χ0n) is 19.3. The summed E-state index contributed by atoms with van der Waals surface area (Å²) in [4.78, 5) is 14.7. The molecule has 1 aliphatic heterocycles. The molecule has 2 heterocycles. The molecule has 0 unspecified atom stereocenters. The summed E-state index contributed by atoms with van der Waals surface area (Å²) < 4.78 is 31.7. The summed E-state index contributed by atoms with van der Waals surface area (Å²) in [6, 6.07) is 6.24. The normalized spacial score (nSPS) is 22.5. The maximum Gasteiger partial charge on any atom is 0.216 e. The maximum absolute atomic E-state index is 12.5. The van der Waals surface area contributed by atoms with Gasteiger partial charge in [-0.25, -0.2) is 23.2 Å². The van der Waals surface area contributed by atoms with E-state index in [0.29, 0.717) is 30.9 Å². The van der Waals surface area contributed by atoms with Crippen LogP contribution >= 0.6 is 0 Å². The van der Waals surface area contributed by atoms with Gasteiger partial charge in [-0.3, -0.25) is 4.90 Å². The third kappa shape index (κ3) is 6.00. The first-order valence-corrected chi connectivity index (χ1v) is 13.4. The summed E-state index contributed by atoms with van der Waals surface area (Å²) in [6.45, 7) is 9.95.